The number of hydrogen-bond acceptors (Lipinski definition) is 2. The first-order valence-corrected chi connectivity index (χ1v) is 7.51. The highest BCUT2D eigenvalue weighted by Gasteiger charge is 2.45. The van der Waals surface area contributed by atoms with E-state index in [0.717, 1.165) is 38.6 Å². The van der Waals surface area contributed by atoms with Gasteiger partial charge >= 0.3 is 0 Å². The van der Waals surface area contributed by atoms with E-state index in [4.69, 9.17) is 18.0 Å². The third-order valence-electron chi connectivity index (χ3n) is 4.31. The fourth-order valence-corrected chi connectivity index (χ4v) is 3.16. The summed E-state index contributed by atoms with van der Waals surface area (Å²) in [6.07, 6.45) is 5.92. The van der Waals surface area contributed by atoms with Crippen LogP contribution in [-0.2, 0) is 4.79 Å². The predicted molar refractivity (Wildman–Crippen MR) is 79.4 cm³/mol. The number of amides is 1. The molecule has 0 bridgehead atoms. The van der Waals surface area contributed by atoms with E-state index in [0.29, 0.717) is 4.99 Å². The Balaban J connectivity index is 2.98. The number of hydrogen-bond donors (Lipinski definition) is 1. The maximum absolute atomic E-state index is 12.9. The summed E-state index contributed by atoms with van der Waals surface area (Å²) in [5, 5.41) is 0. The first-order valence-electron chi connectivity index (χ1n) is 7.10. The molecule has 1 rings (SSSR count). The summed E-state index contributed by atoms with van der Waals surface area (Å²) in [6.45, 7) is 6.96. The first-order chi connectivity index (χ1) is 8.49. The Morgan fingerprint density at radius 3 is 2.28 bits per heavy atom. The van der Waals surface area contributed by atoms with Gasteiger partial charge in [0.25, 0.3) is 0 Å². The van der Waals surface area contributed by atoms with Crippen LogP contribution < -0.4 is 5.73 Å². The van der Waals surface area contributed by atoms with Gasteiger partial charge in [0, 0.05) is 12.6 Å². The van der Waals surface area contributed by atoms with Crippen LogP contribution >= 0.6 is 12.2 Å². The number of rotatable bonds is 5. The van der Waals surface area contributed by atoms with Gasteiger partial charge in [-0.15, -0.1) is 0 Å². The number of carbonyl (C=O) groups is 1. The molecular weight excluding hydrogens is 244 g/mol. The van der Waals surface area contributed by atoms with E-state index in [1.807, 2.05) is 11.8 Å². The highest BCUT2D eigenvalue weighted by molar-refractivity contribution is 7.80. The topological polar surface area (TPSA) is 46.3 Å². The van der Waals surface area contributed by atoms with Crippen molar-refractivity contribution in [2.45, 2.75) is 65.3 Å². The zero-order valence-corrected chi connectivity index (χ0v) is 12.7. The monoisotopic (exact) mass is 270 g/mol. The van der Waals surface area contributed by atoms with Crippen LogP contribution in [0.5, 0.6) is 0 Å². The summed E-state index contributed by atoms with van der Waals surface area (Å²) < 4.78 is 0. The van der Waals surface area contributed by atoms with E-state index in [1.54, 1.807) is 0 Å². The largest absolute Gasteiger partial charge is 0.392 e. The molecule has 0 spiro atoms. The van der Waals surface area contributed by atoms with E-state index in [-0.39, 0.29) is 11.9 Å². The third-order valence-corrected chi connectivity index (χ3v) is 4.70. The Labute approximate surface area is 116 Å². The van der Waals surface area contributed by atoms with Crippen molar-refractivity contribution in [3.05, 3.63) is 0 Å². The second kappa shape index (κ2) is 6.50. The predicted octanol–water partition coefficient (Wildman–Crippen LogP) is 2.87. The zero-order valence-electron chi connectivity index (χ0n) is 11.9. The second-order valence-corrected chi connectivity index (χ2v) is 5.80. The minimum atomic E-state index is -0.562. The van der Waals surface area contributed by atoms with Gasteiger partial charge in [-0.25, -0.2) is 0 Å². The van der Waals surface area contributed by atoms with Crippen LogP contribution in [0.4, 0.5) is 0 Å². The van der Waals surface area contributed by atoms with Crippen LogP contribution in [0.1, 0.15) is 59.3 Å². The van der Waals surface area contributed by atoms with Gasteiger partial charge in [-0.1, -0.05) is 38.4 Å². The molecule has 0 saturated heterocycles. The maximum atomic E-state index is 12.9. The summed E-state index contributed by atoms with van der Waals surface area (Å²) >= 11 is 5.22. The lowest BCUT2D eigenvalue weighted by molar-refractivity contribution is -0.141. The molecule has 0 aliphatic heterocycles. The quantitative estimate of drug-likeness (QED) is 0.781. The van der Waals surface area contributed by atoms with E-state index >= 15 is 0 Å². The van der Waals surface area contributed by atoms with Crippen molar-refractivity contribution in [2.75, 3.05) is 6.54 Å². The molecule has 0 heterocycles. The Kier molecular flexibility index (Phi) is 5.57. The molecular formula is C14H26N2OS. The lowest BCUT2D eigenvalue weighted by Crippen LogP contribution is -2.53. The number of carbonyl (C=O) groups excluding carboxylic acids is 1. The normalized spacial score (nSPS) is 20.2. The molecule has 3 nitrogen and oxygen atoms in total. The van der Waals surface area contributed by atoms with Crippen LogP contribution in [-0.4, -0.2) is 28.4 Å². The van der Waals surface area contributed by atoms with Crippen molar-refractivity contribution in [3.8, 4) is 0 Å². The average Bonchev–Trinajstić information content (AvgIpc) is 2.39. The van der Waals surface area contributed by atoms with Gasteiger partial charge in [-0.2, -0.15) is 0 Å². The van der Waals surface area contributed by atoms with Crippen molar-refractivity contribution >= 4 is 23.1 Å². The van der Waals surface area contributed by atoms with Crippen LogP contribution in [0.15, 0.2) is 0 Å². The van der Waals surface area contributed by atoms with E-state index < -0.39 is 5.41 Å². The highest BCUT2D eigenvalue weighted by Crippen LogP contribution is 2.39. The smallest absolute Gasteiger partial charge is 0.235 e. The van der Waals surface area contributed by atoms with Crippen molar-refractivity contribution in [1.29, 1.82) is 0 Å². The number of nitrogens with two attached hydrogens (primary N) is 1. The molecule has 1 fully saturated rings. The molecule has 104 valence electrons. The fourth-order valence-electron chi connectivity index (χ4n) is 2.87. The summed E-state index contributed by atoms with van der Waals surface area (Å²) in [5.74, 6) is 0.159. The molecule has 1 aliphatic rings. The molecule has 1 amide bonds. The molecule has 1 unspecified atom stereocenters. The maximum Gasteiger partial charge on any atom is 0.235 e. The molecule has 1 saturated carbocycles. The third kappa shape index (κ3) is 2.85. The molecule has 4 heteroatoms. The average molecular weight is 270 g/mol. The molecule has 18 heavy (non-hydrogen) atoms. The SMILES string of the molecule is CCC(C)N(CC)C(=O)C1(C(N)=S)CCCCC1. The van der Waals surface area contributed by atoms with E-state index in [2.05, 4.69) is 13.8 Å². The van der Waals surface area contributed by atoms with Gasteiger partial charge in [0.05, 0.1) is 10.4 Å². The molecule has 1 atom stereocenters. The molecule has 2 N–H and O–H groups in total. The molecule has 1 aliphatic carbocycles. The summed E-state index contributed by atoms with van der Waals surface area (Å²) in [5.41, 5.74) is 5.36. The minimum absolute atomic E-state index is 0.159. The molecule has 0 aromatic carbocycles. The highest BCUT2D eigenvalue weighted by atomic mass is 32.1. The van der Waals surface area contributed by atoms with Crippen LogP contribution in [0.3, 0.4) is 0 Å². The van der Waals surface area contributed by atoms with E-state index in [1.165, 1.54) is 6.42 Å². The second-order valence-electron chi connectivity index (χ2n) is 5.36. The van der Waals surface area contributed by atoms with Crippen LogP contribution in [0.2, 0.25) is 0 Å². The van der Waals surface area contributed by atoms with Crippen molar-refractivity contribution in [2.24, 2.45) is 11.1 Å². The van der Waals surface area contributed by atoms with Crippen molar-refractivity contribution in [3.63, 3.8) is 0 Å². The van der Waals surface area contributed by atoms with Gasteiger partial charge in [-0.05, 0) is 33.1 Å². The van der Waals surface area contributed by atoms with Crippen molar-refractivity contribution < 1.29 is 4.79 Å². The first kappa shape index (κ1) is 15.4. The summed E-state index contributed by atoms with van der Waals surface area (Å²) in [4.78, 5) is 15.2. The number of nitrogens with zero attached hydrogens (tertiary/aromatic N) is 1. The van der Waals surface area contributed by atoms with Crippen LogP contribution in [0.25, 0.3) is 0 Å². The van der Waals surface area contributed by atoms with Gasteiger partial charge in [0.1, 0.15) is 0 Å². The van der Waals surface area contributed by atoms with Crippen LogP contribution in [0, 0.1) is 5.41 Å². The summed E-state index contributed by atoms with van der Waals surface area (Å²) in [6, 6.07) is 0.260. The Morgan fingerprint density at radius 2 is 1.89 bits per heavy atom. The fraction of sp³-hybridized carbons (Fsp3) is 0.857. The number of thiocarbonyl (C=S) groups is 1. The molecule has 0 aromatic heterocycles. The zero-order chi connectivity index (χ0) is 13.8. The van der Waals surface area contributed by atoms with Gasteiger partial charge in [0.2, 0.25) is 5.91 Å². The van der Waals surface area contributed by atoms with Gasteiger partial charge < -0.3 is 10.6 Å². The van der Waals surface area contributed by atoms with Crippen molar-refractivity contribution in [1.82, 2.24) is 4.90 Å². The van der Waals surface area contributed by atoms with E-state index in [9.17, 15) is 4.79 Å². The lowest BCUT2D eigenvalue weighted by atomic mass is 9.72. The Hall–Kier alpha value is -0.640. The molecule has 0 aromatic rings. The molecule has 0 radical (unpaired) electrons. The summed E-state index contributed by atoms with van der Waals surface area (Å²) in [7, 11) is 0. The Bertz CT molecular complexity index is 311. The Morgan fingerprint density at radius 1 is 1.33 bits per heavy atom. The lowest BCUT2D eigenvalue weighted by Gasteiger charge is -2.40. The van der Waals surface area contributed by atoms with Gasteiger partial charge in [-0.3, -0.25) is 4.79 Å². The standard InChI is InChI=1S/C14H26N2OS/c1-4-11(3)16(5-2)13(17)14(12(15)18)9-7-6-8-10-14/h11H,4-10H2,1-3H3,(H2,15,18). The minimum Gasteiger partial charge on any atom is -0.392 e. The van der Waals surface area contributed by atoms with Gasteiger partial charge in [0.15, 0.2) is 0 Å².